The van der Waals surface area contributed by atoms with E-state index in [4.69, 9.17) is 4.55 Å². The molecule has 0 aromatic heterocycles. The molecule has 1 rings (SSSR count). The van der Waals surface area contributed by atoms with Crippen LogP contribution in [0.15, 0.2) is 35.2 Å². The van der Waals surface area contributed by atoms with Gasteiger partial charge in [-0.1, -0.05) is 44.9 Å². The summed E-state index contributed by atoms with van der Waals surface area (Å²) >= 11 is 0. The van der Waals surface area contributed by atoms with Crippen molar-refractivity contribution < 1.29 is 13.0 Å². The smallest absolute Gasteiger partial charge is 0.282 e. The van der Waals surface area contributed by atoms with E-state index in [2.05, 4.69) is 13.8 Å². The Morgan fingerprint density at radius 1 is 1.07 bits per heavy atom. The first-order valence-electron chi connectivity index (χ1n) is 4.54. The second-order valence-corrected chi connectivity index (χ2v) is 4.21. The van der Waals surface area contributed by atoms with Gasteiger partial charge in [0.25, 0.3) is 10.1 Å². The molecule has 0 saturated carbocycles. The summed E-state index contributed by atoms with van der Waals surface area (Å²) in [5, 5.41) is 0. The van der Waals surface area contributed by atoms with Gasteiger partial charge in [0.1, 0.15) is 0 Å². The summed E-state index contributed by atoms with van der Waals surface area (Å²) in [6.07, 6.45) is 2.64. The van der Waals surface area contributed by atoms with Crippen molar-refractivity contribution in [2.45, 2.75) is 31.6 Å². The van der Waals surface area contributed by atoms with E-state index in [1.165, 1.54) is 25.0 Å². The molecule has 0 aliphatic rings. The molecule has 0 aliphatic carbocycles. The van der Waals surface area contributed by atoms with E-state index in [1.807, 2.05) is 0 Å². The molecular formula is C10H16O3S. The molecule has 0 aliphatic heterocycles. The summed E-state index contributed by atoms with van der Waals surface area (Å²) in [5.41, 5.74) is 0. The lowest BCUT2D eigenvalue weighted by Gasteiger charge is -1.92. The highest BCUT2D eigenvalue weighted by molar-refractivity contribution is 7.85. The molecule has 3 nitrogen and oxygen atoms in total. The van der Waals surface area contributed by atoms with Gasteiger partial charge in [0.15, 0.2) is 0 Å². The van der Waals surface area contributed by atoms with Gasteiger partial charge in [0, 0.05) is 0 Å². The summed E-state index contributed by atoms with van der Waals surface area (Å²) in [4.78, 5) is -0.0741. The normalized spacial score (nSPS) is 10.2. The second kappa shape index (κ2) is 6.56. The third-order valence-corrected chi connectivity index (χ3v) is 2.41. The minimum absolute atomic E-state index is 0.0741. The van der Waals surface area contributed by atoms with Gasteiger partial charge in [-0.25, -0.2) is 0 Å². The van der Waals surface area contributed by atoms with Crippen molar-refractivity contribution in [2.24, 2.45) is 0 Å². The van der Waals surface area contributed by atoms with Crippen LogP contribution in [-0.2, 0) is 10.1 Å². The molecule has 1 N–H and O–H groups in total. The van der Waals surface area contributed by atoms with Crippen LogP contribution in [0.3, 0.4) is 0 Å². The highest BCUT2D eigenvalue weighted by atomic mass is 32.2. The number of hydrogen-bond acceptors (Lipinski definition) is 2. The first-order chi connectivity index (χ1) is 6.52. The average Bonchev–Trinajstić information content (AvgIpc) is 2.18. The largest absolute Gasteiger partial charge is 0.294 e. The molecule has 0 fully saturated rings. The average molecular weight is 216 g/mol. The molecule has 0 unspecified atom stereocenters. The van der Waals surface area contributed by atoms with Crippen LogP contribution in [0.25, 0.3) is 0 Å². The van der Waals surface area contributed by atoms with Crippen molar-refractivity contribution in [3.8, 4) is 0 Å². The summed E-state index contributed by atoms with van der Waals surface area (Å²) in [6, 6.07) is 7.42. The fraction of sp³-hybridized carbons (Fsp3) is 0.400. The summed E-state index contributed by atoms with van der Waals surface area (Å²) in [7, 11) is -4.00. The summed E-state index contributed by atoms with van der Waals surface area (Å²) < 4.78 is 29.2. The van der Waals surface area contributed by atoms with Gasteiger partial charge in [0.05, 0.1) is 4.90 Å². The Morgan fingerprint density at radius 2 is 1.50 bits per heavy atom. The lowest BCUT2D eigenvalue weighted by Crippen LogP contribution is -1.96. The maximum Gasteiger partial charge on any atom is 0.294 e. The van der Waals surface area contributed by atoms with Gasteiger partial charge in [0.2, 0.25) is 0 Å². The maximum absolute atomic E-state index is 10.4. The Morgan fingerprint density at radius 3 is 1.71 bits per heavy atom. The van der Waals surface area contributed by atoms with Crippen molar-refractivity contribution in [2.75, 3.05) is 0 Å². The Bertz CT molecular complexity index is 328. The molecular weight excluding hydrogens is 200 g/mol. The molecule has 0 bridgehead atoms. The zero-order chi connectivity index (χ0) is 11.0. The number of benzene rings is 1. The van der Waals surface area contributed by atoms with Crippen LogP contribution in [0.2, 0.25) is 0 Å². The fourth-order valence-corrected chi connectivity index (χ4v) is 1.09. The van der Waals surface area contributed by atoms with Gasteiger partial charge in [-0.3, -0.25) is 4.55 Å². The second-order valence-electron chi connectivity index (χ2n) is 2.79. The van der Waals surface area contributed by atoms with Gasteiger partial charge < -0.3 is 0 Å². The van der Waals surface area contributed by atoms with Crippen LogP contribution in [0.4, 0.5) is 0 Å². The molecule has 1 aromatic rings. The lowest BCUT2D eigenvalue weighted by atomic mass is 10.4. The third kappa shape index (κ3) is 5.72. The van der Waals surface area contributed by atoms with Crippen molar-refractivity contribution >= 4 is 10.1 Å². The lowest BCUT2D eigenvalue weighted by molar-refractivity contribution is 0.483. The quantitative estimate of drug-likeness (QED) is 0.773. The standard InChI is InChI=1S/C6H6O3S.C4H10/c7-10(8,9)6-4-2-1-3-5-6;1-3-4-2/h1-5H,(H,7,8,9);3-4H2,1-2H3. The molecule has 0 amide bonds. The Hall–Kier alpha value is -0.870. The number of unbranched alkanes of at least 4 members (excludes halogenated alkanes) is 1. The molecule has 0 spiro atoms. The van der Waals surface area contributed by atoms with Crippen LogP contribution in [-0.4, -0.2) is 13.0 Å². The van der Waals surface area contributed by atoms with Gasteiger partial charge in [-0.2, -0.15) is 8.42 Å². The summed E-state index contributed by atoms with van der Waals surface area (Å²) in [5.74, 6) is 0. The van der Waals surface area contributed by atoms with Crippen LogP contribution in [0.1, 0.15) is 26.7 Å². The Balaban J connectivity index is 0.000000364. The van der Waals surface area contributed by atoms with Gasteiger partial charge in [-0.15, -0.1) is 0 Å². The van der Waals surface area contributed by atoms with E-state index in [-0.39, 0.29) is 4.90 Å². The third-order valence-electron chi connectivity index (χ3n) is 1.54. The SMILES string of the molecule is CCCC.O=S(=O)(O)c1ccccc1. The molecule has 4 heteroatoms. The fourth-order valence-electron chi connectivity index (χ4n) is 0.592. The number of rotatable bonds is 2. The molecule has 0 saturated heterocycles. The van der Waals surface area contributed by atoms with Crippen LogP contribution in [0, 0.1) is 0 Å². The van der Waals surface area contributed by atoms with Crippen LogP contribution >= 0.6 is 0 Å². The van der Waals surface area contributed by atoms with E-state index >= 15 is 0 Å². The van der Waals surface area contributed by atoms with Crippen molar-refractivity contribution in [3.63, 3.8) is 0 Å². The van der Waals surface area contributed by atoms with E-state index in [0.29, 0.717) is 0 Å². The highest BCUT2D eigenvalue weighted by Crippen LogP contribution is 2.05. The summed E-state index contributed by atoms with van der Waals surface area (Å²) in [6.45, 7) is 4.36. The molecule has 0 atom stereocenters. The van der Waals surface area contributed by atoms with E-state index in [9.17, 15) is 8.42 Å². The minimum Gasteiger partial charge on any atom is -0.282 e. The van der Waals surface area contributed by atoms with E-state index < -0.39 is 10.1 Å². The Kier molecular flexibility index (Phi) is 6.16. The van der Waals surface area contributed by atoms with Gasteiger partial charge in [-0.05, 0) is 12.1 Å². The molecule has 0 radical (unpaired) electrons. The first-order valence-corrected chi connectivity index (χ1v) is 5.98. The highest BCUT2D eigenvalue weighted by Gasteiger charge is 2.05. The van der Waals surface area contributed by atoms with Crippen molar-refractivity contribution in [1.82, 2.24) is 0 Å². The topological polar surface area (TPSA) is 54.4 Å². The number of hydrogen-bond donors (Lipinski definition) is 1. The molecule has 0 heterocycles. The van der Waals surface area contributed by atoms with E-state index in [0.717, 1.165) is 0 Å². The predicted molar refractivity (Wildman–Crippen MR) is 56.8 cm³/mol. The zero-order valence-electron chi connectivity index (χ0n) is 8.47. The van der Waals surface area contributed by atoms with Crippen molar-refractivity contribution in [3.05, 3.63) is 30.3 Å². The molecule has 14 heavy (non-hydrogen) atoms. The van der Waals surface area contributed by atoms with E-state index in [1.54, 1.807) is 18.2 Å². The van der Waals surface area contributed by atoms with Crippen LogP contribution in [0.5, 0.6) is 0 Å². The monoisotopic (exact) mass is 216 g/mol. The molecule has 1 aromatic carbocycles. The minimum atomic E-state index is -4.00. The van der Waals surface area contributed by atoms with Gasteiger partial charge >= 0.3 is 0 Å². The first kappa shape index (κ1) is 13.1. The van der Waals surface area contributed by atoms with Crippen molar-refractivity contribution in [1.29, 1.82) is 0 Å². The predicted octanol–water partition coefficient (Wildman–Crippen LogP) is 2.74. The maximum atomic E-state index is 10.4. The Labute approximate surface area is 85.5 Å². The van der Waals surface area contributed by atoms with Crippen LogP contribution < -0.4 is 0 Å². The molecule has 80 valence electrons. The zero-order valence-corrected chi connectivity index (χ0v) is 9.29.